The first-order valence-corrected chi connectivity index (χ1v) is 7.05. The van der Waals surface area contributed by atoms with Gasteiger partial charge in [-0.15, -0.1) is 0 Å². The maximum absolute atomic E-state index is 11.6. The molecule has 14 heavy (non-hydrogen) atoms. The van der Waals surface area contributed by atoms with Crippen LogP contribution in [0, 0.1) is 0 Å². The van der Waals surface area contributed by atoms with E-state index in [1.807, 2.05) is 19.2 Å². The summed E-state index contributed by atoms with van der Waals surface area (Å²) in [4.78, 5) is 0. The molecule has 1 rings (SSSR count). The summed E-state index contributed by atoms with van der Waals surface area (Å²) < 4.78 is 11.6. The molecule has 2 nitrogen and oxygen atoms in total. The van der Waals surface area contributed by atoms with Crippen LogP contribution in [-0.2, 0) is 17.2 Å². The number of hydrogen-bond donors (Lipinski definition) is 1. The maximum atomic E-state index is 11.6. The molecule has 1 heterocycles. The van der Waals surface area contributed by atoms with Gasteiger partial charge in [-0.05, 0) is 42.7 Å². The lowest BCUT2D eigenvalue weighted by molar-refractivity contribution is 0.577. The molecule has 0 amide bonds. The van der Waals surface area contributed by atoms with E-state index in [1.54, 1.807) is 11.3 Å². The number of nitrogens with two attached hydrogens (primary N) is 1. The quantitative estimate of drug-likeness (QED) is 0.839. The van der Waals surface area contributed by atoms with Crippen molar-refractivity contribution in [3.63, 3.8) is 0 Å². The molecule has 0 fully saturated rings. The standard InChI is InChI=1S/C10H17NOS2/c1-10(2,11)8-14(12)6-4-9-3-5-13-7-9/h3,5,7H,4,6,8,11H2,1-2H3. The van der Waals surface area contributed by atoms with Crippen molar-refractivity contribution >= 4 is 22.1 Å². The van der Waals surface area contributed by atoms with Crippen molar-refractivity contribution in [3.05, 3.63) is 22.4 Å². The third-order valence-electron chi connectivity index (χ3n) is 1.73. The highest BCUT2D eigenvalue weighted by molar-refractivity contribution is 7.85. The fourth-order valence-corrected chi connectivity index (χ4v) is 3.29. The van der Waals surface area contributed by atoms with E-state index in [0.717, 1.165) is 12.2 Å². The van der Waals surface area contributed by atoms with E-state index in [9.17, 15) is 4.21 Å². The second-order valence-corrected chi connectivity index (χ2v) is 6.52. The zero-order valence-electron chi connectivity index (χ0n) is 8.66. The van der Waals surface area contributed by atoms with Gasteiger partial charge in [0.2, 0.25) is 0 Å². The van der Waals surface area contributed by atoms with Crippen molar-refractivity contribution in [2.24, 2.45) is 5.73 Å². The van der Waals surface area contributed by atoms with Gasteiger partial charge in [-0.3, -0.25) is 4.21 Å². The van der Waals surface area contributed by atoms with Crippen LogP contribution in [0.5, 0.6) is 0 Å². The van der Waals surface area contributed by atoms with E-state index in [2.05, 4.69) is 11.4 Å². The largest absolute Gasteiger partial charge is 0.325 e. The highest BCUT2D eigenvalue weighted by Crippen LogP contribution is 2.08. The van der Waals surface area contributed by atoms with Crippen molar-refractivity contribution in [3.8, 4) is 0 Å². The van der Waals surface area contributed by atoms with Crippen LogP contribution in [0.3, 0.4) is 0 Å². The number of thiophene rings is 1. The third-order valence-corrected chi connectivity index (χ3v) is 4.19. The van der Waals surface area contributed by atoms with Gasteiger partial charge in [0.05, 0.1) is 0 Å². The number of rotatable bonds is 5. The Morgan fingerprint density at radius 1 is 1.57 bits per heavy atom. The van der Waals surface area contributed by atoms with Gasteiger partial charge in [-0.2, -0.15) is 11.3 Å². The average Bonchev–Trinajstić information content (AvgIpc) is 2.49. The Labute approximate surface area is 92.0 Å². The van der Waals surface area contributed by atoms with Gasteiger partial charge in [0.25, 0.3) is 0 Å². The molecule has 0 aromatic carbocycles. The van der Waals surface area contributed by atoms with Crippen LogP contribution >= 0.6 is 11.3 Å². The molecule has 0 aliphatic heterocycles. The lowest BCUT2D eigenvalue weighted by atomic mass is 10.1. The van der Waals surface area contributed by atoms with E-state index in [4.69, 9.17) is 5.73 Å². The Morgan fingerprint density at radius 2 is 2.29 bits per heavy atom. The third kappa shape index (κ3) is 4.88. The van der Waals surface area contributed by atoms with E-state index < -0.39 is 10.8 Å². The molecule has 0 saturated carbocycles. The molecule has 80 valence electrons. The van der Waals surface area contributed by atoms with Crippen molar-refractivity contribution in [2.75, 3.05) is 11.5 Å². The fourth-order valence-electron chi connectivity index (χ4n) is 1.15. The lowest BCUT2D eigenvalue weighted by Gasteiger charge is -2.17. The minimum Gasteiger partial charge on any atom is -0.325 e. The molecule has 2 N–H and O–H groups in total. The van der Waals surface area contributed by atoms with Crippen LogP contribution in [0.15, 0.2) is 16.8 Å². The topological polar surface area (TPSA) is 43.1 Å². The predicted octanol–water partition coefficient (Wildman–Crippen LogP) is 1.78. The molecule has 0 bridgehead atoms. The first kappa shape index (κ1) is 11.9. The Kier molecular flexibility index (Phi) is 4.29. The van der Waals surface area contributed by atoms with E-state index in [1.165, 1.54) is 5.56 Å². The first-order valence-electron chi connectivity index (χ1n) is 4.62. The molecule has 0 spiro atoms. The number of hydrogen-bond acceptors (Lipinski definition) is 3. The SMILES string of the molecule is CC(C)(N)CS(=O)CCc1ccsc1. The molecular weight excluding hydrogens is 214 g/mol. The van der Waals surface area contributed by atoms with Crippen molar-refractivity contribution in [2.45, 2.75) is 25.8 Å². The molecular formula is C10H17NOS2. The molecule has 1 unspecified atom stereocenters. The zero-order chi connectivity index (χ0) is 10.6. The lowest BCUT2D eigenvalue weighted by Crippen LogP contribution is -2.38. The second-order valence-electron chi connectivity index (χ2n) is 4.16. The average molecular weight is 231 g/mol. The smallest absolute Gasteiger partial charge is 0.0410 e. The second kappa shape index (κ2) is 5.05. The van der Waals surface area contributed by atoms with Crippen LogP contribution < -0.4 is 5.73 Å². The number of aryl methyl sites for hydroxylation is 1. The Balaban J connectivity index is 2.29. The summed E-state index contributed by atoms with van der Waals surface area (Å²) in [6.07, 6.45) is 0.895. The Bertz CT molecular complexity index is 288. The fraction of sp³-hybridized carbons (Fsp3) is 0.600. The first-order chi connectivity index (χ1) is 6.47. The van der Waals surface area contributed by atoms with Gasteiger partial charge in [-0.1, -0.05) is 0 Å². The van der Waals surface area contributed by atoms with Crippen molar-refractivity contribution in [1.82, 2.24) is 0 Å². The normalized spacial score (nSPS) is 14.2. The molecule has 0 saturated heterocycles. The molecule has 0 radical (unpaired) electrons. The highest BCUT2D eigenvalue weighted by Gasteiger charge is 2.14. The van der Waals surface area contributed by atoms with E-state index in [0.29, 0.717) is 5.75 Å². The minimum absolute atomic E-state index is 0.320. The zero-order valence-corrected chi connectivity index (χ0v) is 10.3. The monoisotopic (exact) mass is 231 g/mol. The van der Waals surface area contributed by atoms with Gasteiger partial charge < -0.3 is 5.73 Å². The molecule has 1 aromatic rings. The van der Waals surface area contributed by atoms with Crippen LogP contribution in [0.4, 0.5) is 0 Å². The summed E-state index contributed by atoms with van der Waals surface area (Å²) >= 11 is 1.68. The van der Waals surface area contributed by atoms with Gasteiger partial charge in [0.15, 0.2) is 0 Å². The van der Waals surface area contributed by atoms with Crippen LogP contribution in [0.2, 0.25) is 0 Å². The summed E-state index contributed by atoms with van der Waals surface area (Å²) in [5.74, 6) is 1.30. The Morgan fingerprint density at radius 3 is 2.79 bits per heavy atom. The molecule has 1 atom stereocenters. The summed E-state index contributed by atoms with van der Waals surface area (Å²) in [5.41, 5.74) is 6.75. The molecule has 1 aromatic heterocycles. The summed E-state index contributed by atoms with van der Waals surface area (Å²) in [7, 11) is -0.794. The van der Waals surface area contributed by atoms with Crippen molar-refractivity contribution in [1.29, 1.82) is 0 Å². The summed E-state index contributed by atoms with van der Waals surface area (Å²) in [5, 5.41) is 4.15. The van der Waals surface area contributed by atoms with Crippen LogP contribution in [0.1, 0.15) is 19.4 Å². The van der Waals surface area contributed by atoms with Crippen LogP contribution in [0.25, 0.3) is 0 Å². The van der Waals surface area contributed by atoms with E-state index in [-0.39, 0.29) is 5.54 Å². The Hall–Kier alpha value is -0.190. The molecule has 4 heteroatoms. The van der Waals surface area contributed by atoms with E-state index >= 15 is 0 Å². The summed E-state index contributed by atoms with van der Waals surface area (Å²) in [6.45, 7) is 3.82. The van der Waals surface area contributed by atoms with Gasteiger partial charge in [0, 0.05) is 27.8 Å². The highest BCUT2D eigenvalue weighted by atomic mass is 32.2. The minimum atomic E-state index is -0.794. The molecule has 0 aliphatic rings. The van der Waals surface area contributed by atoms with Gasteiger partial charge in [0.1, 0.15) is 0 Å². The summed E-state index contributed by atoms with van der Waals surface area (Å²) in [6, 6.07) is 2.08. The molecule has 0 aliphatic carbocycles. The predicted molar refractivity (Wildman–Crippen MR) is 64.2 cm³/mol. The van der Waals surface area contributed by atoms with Crippen molar-refractivity contribution < 1.29 is 4.21 Å². The van der Waals surface area contributed by atoms with Crippen LogP contribution in [-0.4, -0.2) is 21.3 Å². The van der Waals surface area contributed by atoms with Gasteiger partial charge in [-0.25, -0.2) is 0 Å². The maximum Gasteiger partial charge on any atom is 0.0410 e. The van der Waals surface area contributed by atoms with Gasteiger partial charge >= 0.3 is 0 Å².